The van der Waals surface area contributed by atoms with Gasteiger partial charge in [0.1, 0.15) is 6.04 Å². The Bertz CT molecular complexity index is 1180. The Kier molecular flexibility index (Phi) is 6.02. The fraction of sp³-hybridized carbons (Fsp3) is 0.227. The van der Waals surface area contributed by atoms with E-state index in [1.165, 1.54) is 7.11 Å². The number of fused-ring (bicyclic) bond motifs is 1. The summed E-state index contributed by atoms with van der Waals surface area (Å²) in [5.41, 5.74) is 2.61. The van der Waals surface area contributed by atoms with Gasteiger partial charge >= 0.3 is 5.97 Å². The van der Waals surface area contributed by atoms with Gasteiger partial charge in [0.05, 0.1) is 7.11 Å². The molecule has 0 fully saturated rings. The number of methoxy groups -OCH3 is 1. The van der Waals surface area contributed by atoms with Gasteiger partial charge in [-0.2, -0.15) is 4.98 Å². The maximum atomic E-state index is 12.5. The van der Waals surface area contributed by atoms with Gasteiger partial charge in [-0.25, -0.2) is 4.79 Å². The number of nitrogens with one attached hydrogen (secondary N) is 2. The van der Waals surface area contributed by atoms with Gasteiger partial charge in [0.25, 0.3) is 0 Å². The first-order valence-corrected chi connectivity index (χ1v) is 9.79. The molecule has 31 heavy (non-hydrogen) atoms. The number of pyridine rings is 1. The molecular formula is C22H21N5O4. The Hall–Kier alpha value is -4.01. The highest BCUT2D eigenvalue weighted by Gasteiger charge is 2.23. The van der Waals surface area contributed by atoms with Crippen LogP contribution in [0.25, 0.3) is 22.3 Å². The summed E-state index contributed by atoms with van der Waals surface area (Å²) in [4.78, 5) is 36.2. The molecule has 3 aromatic heterocycles. The van der Waals surface area contributed by atoms with E-state index in [1.807, 2.05) is 36.5 Å². The minimum atomic E-state index is -0.801. The number of carbonyl (C=O) groups excluding carboxylic acids is 2. The molecule has 1 amide bonds. The van der Waals surface area contributed by atoms with Gasteiger partial charge in [0.2, 0.25) is 17.6 Å². The van der Waals surface area contributed by atoms with Crippen molar-refractivity contribution in [1.29, 1.82) is 0 Å². The van der Waals surface area contributed by atoms with Crippen LogP contribution in [0, 0.1) is 0 Å². The van der Waals surface area contributed by atoms with Crippen molar-refractivity contribution in [2.75, 3.05) is 7.11 Å². The molecule has 0 unspecified atom stereocenters. The van der Waals surface area contributed by atoms with E-state index in [-0.39, 0.29) is 18.7 Å². The molecule has 0 radical (unpaired) electrons. The normalized spacial score (nSPS) is 11.9. The minimum Gasteiger partial charge on any atom is -0.467 e. The van der Waals surface area contributed by atoms with Crippen LogP contribution in [0.3, 0.4) is 0 Å². The predicted molar refractivity (Wildman–Crippen MR) is 112 cm³/mol. The molecule has 0 aliphatic carbocycles. The lowest BCUT2D eigenvalue weighted by Crippen LogP contribution is -2.43. The molecule has 1 atom stereocenters. The van der Waals surface area contributed by atoms with Gasteiger partial charge in [-0.15, -0.1) is 0 Å². The molecule has 2 N–H and O–H groups in total. The maximum absolute atomic E-state index is 12.5. The van der Waals surface area contributed by atoms with Gasteiger partial charge < -0.3 is 19.6 Å². The third kappa shape index (κ3) is 4.77. The van der Waals surface area contributed by atoms with Crippen LogP contribution >= 0.6 is 0 Å². The van der Waals surface area contributed by atoms with E-state index < -0.39 is 12.0 Å². The highest BCUT2D eigenvalue weighted by molar-refractivity contribution is 5.87. The van der Waals surface area contributed by atoms with Crippen LogP contribution < -0.4 is 5.32 Å². The number of benzene rings is 1. The Morgan fingerprint density at radius 1 is 1.23 bits per heavy atom. The lowest BCUT2D eigenvalue weighted by molar-refractivity contribution is -0.145. The SMILES string of the molecule is COC(=O)[C@@H](Cc1c[nH]c2ccccc12)NC(=O)CCc1nc(-c2cccnc2)no1. The zero-order valence-corrected chi connectivity index (χ0v) is 16.9. The molecule has 3 heterocycles. The predicted octanol–water partition coefficient (Wildman–Crippen LogP) is 2.45. The first-order chi connectivity index (χ1) is 15.1. The Morgan fingerprint density at radius 3 is 2.90 bits per heavy atom. The number of aromatic nitrogens is 4. The lowest BCUT2D eigenvalue weighted by Gasteiger charge is -2.16. The molecule has 158 valence electrons. The molecule has 0 saturated heterocycles. The molecule has 9 nitrogen and oxygen atoms in total. The number of aromatic amines is 1. The van der Waals surface area contributed by atoms with E-state index in [0.29, 0.717) is 18.1 Å². The van der Waals surface area contributed by atoms with Crippen molar-refractivity contribution >= 4 is 22.8 Å². The fourth-order valence-corrected chi connectivity index (χ4v) is 3.31. The first-order valence-electron chi connectivity index (χ1n) is 9.79. The number of rotatable bonds is 8. The second-order valence-electron chi connectivity index (χ2n) is 6.96. The van der Waals surface area contributed by atoms with Crippen LogP contribution in [-0.2, 0) is 27.2 Å². The lowest BCUT2D eigenvalue weighted by atomic mass is 10.0. The zero-order valence-electron chi connectivity index (χ0n) is 16.9. The number of ether oxygens (including phenoxy) is 1. The number of hydrogen-bond donors (Lipinski definition) is 2. The number of para-hydroxylation sites is 1. The summed E-state index contributed by atoms with van der Waals surface area (Å²) in [6.45, 7) is 0. The fourth-order valence-electron chi connectivity index (χ4n) is 3.31. The Morgan fingerprint density at radius 2 is 2.10 bits per heavy atom. The number of esters is 1. The molecule has 1 aromatic carbocycles. The molecule has 0 bridgehead atoms. The van der Waals surface area contributed by atoms with E-state index >= 15 is 0 Å². The van der Waals surface area contributed by atoms with Crippen molar-refractivity contribution < 1.29 is 18.8 Å². The van der Waals surface area contributed by atoms with Crippen LogP contribution in [0.15, 0.2) is 59.5 Å². The van der Waals surface area contributed by atoms with Crippen molar-refractivity contribution in [3.05, 3.63) is 66.4 Å². The average molecular weight is 419 g/mol. The van der Waals surface area contributed by atoms with E-state index in [1.54, 1.807) is 18.5 Å². The third-order valence-electron chi connectivity index (χ3n) is 4.87. The van der Waals surface area contributed by atoms with Crippen molar-refractivity contribution in [2.24, 2.45) is 0 Å². The number of aryl methyl sites for hydroxylation is 1. The van der Waals surface area contributed by atoms with E-state index in [2.05, 4.69) is 25.4 Å². The third-order valence-corrected chi connectivity index (χ3v) is 4.87. The highest BCUT2D eigenvalue weighted by Crippen LogP contribution is 2.19. The number of hydrogen-bond acceptors (Lipinski definition) is 7. The van der Waals surface area contributed by atoms with Crippen molar-refractivity contribution in [3.8, 4) is 11.4 Å². The molecule has 0 aliphatic rings. The monoisotopic (exact) mass is 419 g/mol. The van der Waals surface area contributed by atoms with E-state index in [9.17, 15) is 9.59 Å². The zero-order chi connectivity index (χ0) is 21.6. The smallest absolute Gasteiger partial charge is 0.328 e. The van der Waals surface area contributed by atoms with Crippen LogP contribution in [0.1, 0.15) is 17.9 Å². The second kappa shape index (κ2) is 9.21. The van der Waals surface area contributed by atoms with Gasteiger partial charge in [0, 0.05) is 54.3 Å². The van der Waals surface area contributed by atoms with Crippen LogP contribution in [0.4, 0.5) is 0 Å². The molecule has 0 spiro atoms. The summed E-state index contributed by atoms with van der Waals surface area (Å²) < 4.78 is 10.1. The quantitative estimate of drug-likeness (QED) is 0.421. The van der Waals surface area contributed by atoms with Crippen LogP contribution in [0.2, 0.25) is 0 Å². The van der Waals surface area contributed by atoms with Gasteiger partial charge in [-0.3, -0.25) is 9.78 Å². The van der Waals surface area contributed by atoms with Crippen LogP contribution in [-0.4, -0.2) is 45.1 Å². The number of amides is 1. The standard InChI is InChI=1S/C22H21N5O4/c1-30-22(29)18(11-15-13-24-17-7-3-2-6-16(15)17)25-19(28)8-9-20-26-21(27-31-20)14-5-4-10-23-12-14/h2-7,10,12-13,18,24H,8-9,11H2,1H3,(H,25,28)/t18-/m1/s1. The van der Waals surface area contributed by atoms with Gasteiger partial charge in [0.15, 0.2) is 0 Å². The summed E-state index contributed by atoms with van der Waals surface area (Å²) in [7, 11) is 1.30. The topological polar surface area (TPSA) is 123 Å². The molecule has 9 heteroatoms. The molecule has 0 aliphatic heterocycles. The number of carbonyl (C=O) groups is 2. The Labute approximate surface area is 177 Å². The van der Waals surface area contributed by atoms with Gasteiger partial charge in [-0.1, -0.05) is 23.4 Å². The first kappa shape index (κ1) is 20.3. The molecular weight excluding hydrogens is 398 g/mol. The molecule has 0 saturated carbocycles. The summed E-state index contributed by atoms with van der Waals surface area (Å²) in [6.07, 6.45) is 5.78. The summed E-state index contributed by atoms with van der Waals surface area (Å²) in [6, 6.07) is 10.6. The second-order valence-corrected chi connectivity index (χ2v) is 6.96. The number of H-pyrrole nitrogens is 1. The maximum Gasteiger partial charge on any atom is 0.328 e. The summed E-state index contributed by atoms with van der Waals surface area (Å²) >= 11 is 0. The Balaban J connectivity index is 1.38. The van der Waals surface area contributed by atoms with Crippen molar-refractivity contribution in [2.45, 2.75) is 25.3 Å². The highest BCUT2D eigenvalue weighted by atomic mass is 16.5. The molecule has 4 rings (SSSR count). The minimum absolute atomic E-state index is 0.0933. The summed E-state index contributed by atoms with van der Waals surface area (Å²) in [5.74, 6) is -0.0674. The van der Waals surface area contributed by atoms with Gasteiger partial charge in [-0.05, 0) is 23.8 Å². The van der Waals surface area contributed by atoms with E-state index in [0.717, 1.165) is 22.0 Å². The molecule has 4 aromatic rings. The van der Waals surface area contributed by atoms with Crippen molar-refractivity contribution in [3.63, 3.8) is 0 Å². The summed E-state index contributed by atoms with van der Waals surface area (Å²) in [5, 5.41) is 7.66. The van der Waals surface area contributed by atoms with Crippen molar-refractivity contribution in [1.82, 2.24) is 25.4 Å². The number of nitrogens with zero attached hydrogens (tertiary/aromatic N) is 3. The van der Waals surface area contributed by atoms with Crippen LogP contribution in [0.5, 0.6) is 0 Å². The average Bonchev–Trinajstić information content (AvgIpc) is 3.45. The van der Waals surface area contributed by atoms with E-state index in [4.69, 9.17) is 9.26 Å². The largest absolute Gasteiger partial charge is 0.467 e.